The van der Waals surface area contributed by atoms with Crippen LogP contribution in [0.15, 0.2) is 35.9 Å². The summed E-state index contributed by atoms with van der Waals surface area (Å²) in [5.74, 6) is 0. The van der Waals surface area contributed by atoms with E-state index in [-0.39, 0.29) is 0 Å². The summed E-state index contributed by atoms with van der Waals surface area (Å²) in [6.07, 6.45) is 3.57. The van der Waals surface area contributed by atoms with E-state index in [2.05, 4.69) is 61.3 Å². The summed E-state index contributed by atoms with van der Waals surface area (Å²) in [5, 5.41) is 3.45. The second-order valence-electron chi connectivity index (χ2n) is 5.89. The monoisotopic (exact) mass is 258 g/mol. The van der Waals surface area contributed by atoms with Crippen LogP contribution in [0.25, 0.3) is 0 Å². The minimum absolute atomic E-state index is 0.544. The van der Waals surface area contributed by atoms with Crippen LogP contribution >= 0.6 is 0 Å². The van der Waals surface area contributed by atoms with Gasteiger partial charge in [-0.2, -0.15) is 0 Å². The number of rotatable bonds is 5. The molecule has 1 aliphatic rings. The normalized spacial score (nSPS) is 16.7. The van der Waals surface area contributed by atoms with Crippen molar-refractivity contribution in [2.24, 2.45) is 0 Å². The van der Waals surface area contributed by atoms with Gasteiger partial charge < -0.3 is 5.32 Å². The van der Waals surface area contributed by atoms with Crippen LogP contribution in [-0.2, 0) is 13.1 Å². The van der Waals surface area contributed by atoms with E-state index in [0.717, 1.165) is 19.6 Å². The maximum absolute atomic E-state index is 3.45. The molecule has 2 rings (SSSR count). The first-order valence-corrected chi connectivity index (χ1v) is 7.32. The van der Waals surface area contributed by atoms with Crippen LogP contribution in [0.1, 0.15) is 38.3 Å². The van der Waals surface area contributed by atoms with E-state index < -0.39 is 0 Å². The summed E-state index contributed by atoms with van der Waals surface area (Å²) < 4.78 is 0. The van der Waals surface area contributed by atoms with Crippen LogP contribution in [0.2, 0.25) is 0 Å². The molecule has 1 aromatic carbocycles. The number of benzene rings is 1. The smallest absolute Gasteiger partial charge is 0.0237 e. The van der Waals surface area contributed by atoms with Crippen molar-refractivity contribution in [1.29, 1.82) is 0 Å². The Bertz CT molecular complexity index is 417. The number of nitrogens with zero attached hydrogens (tertiary/aromatic N) is 1. The van der Waals surface area contributed by atoms with Crippen LogP contribution in [0.5, 0.6) is 0 Å². The molecule has 0 radical (unpaired) electrons. The van der Waals surface area contributed by atoms with Gasteiger partial charge in [-0.25, -0.2) is 0 Å². The Kier molecular flexibility index (Phi) is 5.17. The summed E-state index contributed by atoms with van der Waals surface area (Å²) in [7, 11) is 0. The van der Waals surface area contributed by atoms with Crippen molar-refractivity contribution in [1.82, 2.24) is 10.2 Å². The van der Waals surface area contributed by atoms with E-state index in [0.29, 0.717) is 6.04 Å². The Morgan fingerprint density at radius 2 is 1.84 bits per heavy atom. The average molecular weight is 258 g/mol. The van der Waals surface area contributed by atoms with E-state index in [9.17, 15) is 0 Å². The SMILES string of the molecule is CC1=CCN(Cc2ccc(CNC(C)C)cc2)CC1. The van der Waals surface area contributed by atoms with Crippen LogP contribution < -0.4 is 5.32 Å². The van der Waals surface area contributed by atoms with Crippen LogP contribution in [0, 0.1) is 0 Å². The second kappa shape index (κ2) is 6.88. The first-order chi connectivity index (χ1) is 9.13. The molecule has 0 saturated heterocycles. The van der Waals surface area contributed by atoms with Crippen molar-refractivity contribution < 1.29 is 0 Å². The van der Waals surface area contributed by atoms with Gasteiger partial charge in [-0.05, 0) is 24.5 Å². The predicted molar refractivity (Wildman–Crippen MR) is 82.1 cm³/mol. The zero-order valence-electron chi connectivity index (χ0n) is 12.4. The quantitative estimate of drug-likeness (QED) is 0.815. The lowest BCUT2D eigenvalue weighted by molar-refractivity contribution is 0.286. The Morgan fingerprint density at radius 3 is 2.42 bits per heavy atom. The molecule has 0 amide bonds. The number of hydrogen-bond donors (Lipinski definition) is 1. The van der Waals surface area contributed by atoms with E-state index >= 15 is 0 Å². The highest BCUT2D eigenvalue weighted by Gasteiger charge is 2.09. The molecule has 1 N–H and O–H groups in total. The maximum Gasteiger partial charge on any atom is 0.0237 e. The van der Waals surface area contributed by atoms with Crippen molar-refractivity contribution in [3.8, 4) is 0 Å². The molecule has 1 heterocycles. The van der Waals surface area contributed by atoms with Gasteiger partial charge in [-0.3, -0.25) is 4.90 Å². The number of nitrogens with one attached hydrogen (secondary N) is 1. The van der Waals surface area contributed by atoms with Crippen molar-refractivity contribution in [3.05, 3.63) is 47.0 Å². The molecule has 19 heavy (non-hydrogen) atoms. The molecular formula is C17H26N2. The lowest BCUT2D eigenvalue weighted by Gasteiger charge is -2.25. The van der Waals surface area contributed by atoms with Crippen LogP contribution in [-0.4, -0.2) is 24.0 Å². The lowest BCUT2D eigenvalue weighted by atomic mass is 10.1. The molecule has 0 aromatic heterocycles. The minimum Gasteiger partial charge on any atom is -0.310 e. The molecule has 0 unspecified atom stereocenters. The van der Waals surface area contributed by atoms with Gasteiger partial charge in [0.15, 0.2) is 0 Å². The lowest BCUT2D eigenvalue weighted by Crippen LogP contribution is -2.27. The zero-order valence-corrected chi connectivity index (χ0v) is 12.4. The molecule has 1 aliphatic heterocycles. The van der Waals surface area contributed by atoms with Crippen molar-refractivity contribution >= 4 is 0 Å². The van der Waals surface area contributed by atoms with Crippen LogP contribution in [0.4, 0.5) is 0 Å². The molecule has 0 fully saturated rings. The molecule has 0 saturated carbocycles. The van der Waals surface area contributed by atoms with Gasteiger partial charge in [0.25, 0.3) is 0 Å². The standard InChI is InChI=1S/C17H26N2/c1-14(2)18-12-16-4-6-17(7-5-16)13-19-10-8-15(3)9-11-19/h4-8,14,18H,9-13H2,1-3H3. The Hall–Kier alpha value is -1.12. The van der Waals surface area contributed by atoms with Crippen LogP contribution in [0.3, 0.4) is 0 Å². The molecule has 0 atom stereocenters. The van der Waals surface area contributed by atoms with Gasteiger partial charge in [-0.1, -0.05) is 49.8 Å². The third-order valence-electron chi connectivity index (χ3n) is 3.66. The third kappa shape index (κ3) is 4.81. The number of hydrogen-bond acceptors (Lipinski definition) is 2. The molecule has 0 spiro atoms. The summed E-state index contributed by atoms with van der Waals surface area (Å²) in [4.78, 5) is 2.51. The predicted octanol–water partition coefficient (Wildman–Crippen LogP) is 3.34. The largest absolute Gasteiger partial charge is 0.310 e. The molecule has 0 bridgehead atoms. The van der Waals surface area contributed by atoms with E-state index in [1.165, 1.54) is 29.7 Å². The Morgan fingerprint density at radius 1 is 1.16 bits per heavy atom. The Labute approximate surface area is 117 Å². The molecule has 2 nitrogen and oxygen atoms in total. The zero-order chi connectivity index (χ0) is 13.7. The highest BCUT2D eigenvalue weighted by Crippen LogP contribution is 2.13. The fourth-order valence-electron chi connectivity index (χ4n) is 2.30. The van der Waals surface area contributed by atoms with Gasteiger partial charge >= 0.3 is 0 Å². The minimum atomic E-state index is 0.544. The van der Waals surface area contributed by atoms with Gasteiger partial charge in [0.1, 0.15) is 0 Å². The fourth-order valence-corrected chi connectivity index (χ4v) is 2.30. The topological polar surface area (TPSA) is 15.3 Å². The second-order valence-corrected chi connectivity index (χ2v) is 5.89. The summed E-state index contributed by atoms with van der Waals surface area (Å²) >= 11 is 0. The first kappa shape index (κ1) is 14.3. The van der Waals surface area contributed by atoms with Gasteiger partial charge in [0.05, 0.1) is 0 Å². The van der Waals surface area contributed by atoms with Crippen molar-refractivity contribution in [2.75, 3.05) is 13.1 Å². The molecule has 1 aromatic rings. The fraction of sp³-hybridized carbons (Fsp3) is 0.529. The van der Waals surface area contributed by atoms with Crippen molar-refractivity contribution in [3.63, 3.8) is 0 Å². The average Bonchev–Trinajstić information content (AvgIpc) is 2.40. The maximum atomic E-state index is 3.45. The van der Waals surface area contributed by atoms with Gasteiger partial charge in [-0.15, -0.1) is 0 Å². The summed E-state index contributed by atoms with van der Waals surface area (Å²) in [5.41, 5.74) is 4.32. The van der Waals surface area contributed by atoms with Crippen molar-refractivity contribution in [2.45, 2.75) is 46.3 Å². The van der Waals surface area contributed by atoms with E-state index in [1.807, 2.05) is 0 Å². The van der Waals surface area contributed by atoms with Gasteiger partial charge in [0, 0.05) is 32.2 Å². The summed E-state index contributed by atoms with van der Waals surface area (Å²) in [6.45, 7) is 10.9. The van der Waals surface area contributed by atoms with E-state index in [1.54, 1.807) is 0 Å². The third-order valence-corrected chi connectivity index (χ3v) is 3.66. The first-order valence-electron chi connectivity index (χ1n) is 7.32. The molecule has 2 heteroatoms. The Balaban J connectivity index is 1.85. The molecular weight excluding hydrogens is 232 g/mol. The van der Waals surface area contributed by atoms with E-state index in [4.69, 9.17) is 0 Å². The highest BCUT2D eigenvalue weighted by atomic mass is 15.1. The summed E-state index contributed by atoms with van der Waals surface area (Å²) in [6, 6.07) is 9.57. The highest BCUT2D eigenvalue weighted by molar-refractivity contribution is 5.22. The molecule has 0 aliphatic carbocycles. The van der Waals surface area contributed by atoms with Gasteiger partial charge in [0.2, 0.25) is 0 Å². The molecule has 104 valence electrons.